The molecule has 1 aliphatic rings. The highest BCUT2D eigenvalue weighted by Crippen LogP contribution is 2.14. The summed E-state index contributed by atoms with van der Waals surface area (Å²) in [6.45, 7) is 6.83. The first-order valence-electron chi connectivity index (χ1n) is 8.21. The lowest BCUT2D eigenvalue weighted by Crippen LogP contribution is -2.49. The SMILES string of the molecule is CCOc1ccc(CN2CCN(CC(=O)NCC(=O)O)CC2)cc1. The molecule has 0 aliphatic carbocycles. The van der Waals surface area contributed by atoms with Crippen LogP contribution >= 0.6 is 0 Å². The summed E-state index contributed by atoms with van der Waals surface area (Å²) in [7, 11) is 0. The number of carbonyl (C=O) groups excluding carboxylic acids is 1. The number of carboxylic acids is 1. The molecule has 1 fully saturated rings. The van der Waals surface area contributed by atoms with Gasteiger partial charge in [-0.05, 0) is 24.6 Å². The van der Waals surface area contributed by atoms with E-state index < -0.39 is 5.97 Å². The van der Waals surface area contributed by atoms with Crippen LogP contribution in [0.15, 0.2) is 24.3 Å². The van der Waals surface area contributed by atoms with Gasteiger partial charge in [0.1, 0.15) is 12.3 Å². The van der Waals surface area contributed by atoms with Crippen molar-refractivity contribution in [3.63, 3.8) is 0 Å². The summed E-state index contributed by atoms with van der Waals surface area (Å²) in [5.41, 5.74) is 1.24. The van der Waals surface area contributed by atoms with Crippen LogP contribution in [0.1, 0.15) is 12.5 Å². The molecule has 7 heteroatoms. The van der Waals surface area contributed by atoms with Gasteiger partial charge < -0.3 is 15.2 Å². The van der Waals surface area contributed by atoms with E-state index in [4.69, 9.17) is 9.84 Å². The van der Waals surface area contributed by atoms with Gasteiger partial charge in [0, 0.05) is 32.7 Å². The summed E-state index contributed by atoms with van der Waals surface area (Å²) in [5, 5.41) is 10.9. The van der Waals surface area contributed by atoms with Gasteiger partial charge in [0.2, 0.25) is 5.91 Å². The van der Waals surface area contributed by atoms with Crippen molar-refractivity contribution in [1.82, 2.24) is 15.1 Å². The number of carbonyl (C=O) groups is 2. The zero-order valence-electron chi connectivity index (χ0n) is 14.0. The average Bonchev–Trinajstić information content (AvgIpc) is 2.57. The molecule has 2 N–H and O–H groups in total. The molecule has 1 heterocycles. The molecule has 1 aliphatic heterocycles. The Labute approximate surface area is 142 Å². The Kier molecular flexibility index (Phi) is 7.02. The monoisotopic (exact) mass is 335 g/mol. The molecular formula is C17H25N3O4. The topological polar surface area (TPSA) is 82.1 Å². The molecule has 2 rings (SSSR count). The smallest absolute Gasteiger partial charge is 0.322 e. The number of amides is 1. The van der Waals surface area contributed by atoms with Crippen molar-refractivity contribution >= 4 is 11.9 Å². The van der Waals surface area contributed by atoms with Crippen LogP contribution in [-0.4, -0.2) is 72.7 Å². The molecule has 1 amide bonds. The van der Waals surface area contributed by atoms with Crippen LogP contribution in [0, 0.1) is 0 Å². The lowest BCUT2D eigenvalue weighted by atomic mass is 10.2. The quantitative estimate of drug-likeness (QED) is 0.716. The minimum atomic E-state index is -1.02. The Morgan fingerprint density at radius 3 is 2.33 bits per heavy atom. The van der Waals surface area contributed by atoms with Crippen molar-refractivity contribution in [2.24, 2.45) is 0 Å². The number of benzene rings is 1. The first-order chi connectivity index (χ1) is 11.6. The zero-order valence-corrected chi connectivity index (χ0v) is 14.0. The van der Waals surface area contributed by atoms with E-state index in [1.807, 2.05) is 24.0 Å². The Balaban J connectivity index is 1.70. The van der Waals surface area contributed by atoms with E-state index in [2.05, 4.69) is 22.3 Å². The van der Waals surface area contributed by atoms with E-state index >= 15 is 0 Å². The summed E-state index contributed by atoms with van der Waals surface area (Å²) in [5.74, 6) is -0.376. The number of hydrogen-bond acceptors (Lipinski definition) is 5. The number of hydrogen-bond donors (Lipinski definition) is 2. The van der Waals surface area contributed by atoms with Crippen molar-refractivity contribution in [1.29, 1.82) is 0 Å². The Bertz CT molecular complexity index is 539. The van der Waals surface area contributed by atoms with Gasteiger partial charge in [-0.25, -0.2) is 0 Å². The first kappa shape index (κ1) is 18.2. The average molecular weight is 335 g/mol. The van der Waals surface area contributed by atoms with E-state index in [0.717, 1.165) is 38.5 Å². The van der Waals surface area contributed by atoms with Crippen molar-refractivity contribution < 1.29 is 19.4 Å². The fourth-order valence-corrected chi connectivity index (χ4v) is 2.65. The lowest BCUT2D eigenvalue weighted by molar-refractivity contribution is -0.138. The van der Waals surface area contributed by atoms with Crippen LogP contribution < -0.4 is 10.1 Å². The third-order valence-corrected chi connectivity index (χ3v) is 3.91. The molecular weight excluding hydrogens is 310 g/mol. The number of aliphatic carboxylic acids is 1. The number of nitrogens with zero attached hydrogens (tertiary/aromatic N) is 2. The number of rotatable bonds is 8. The zero-order chi connectivity index (χ0) is 17.4. The van der Waals surface area contributed by atoms with E-state index in [9.17, 15) is 9.59 Å². The molecule has 7 nitrogen and oxygen atoms in total. The van der Waals surface area contributed by atoms with Crippen LogP contribution in [-0.2, 0) is 16.1 Å². The number of nitrogens with one attached hydrogen (secondary N) is 1. The van der Waals surface area contributed by atoms with Gasteiger partial charge in [0.15, 0.2) is 0 Å². The number of ether oxygens (including phenoxy) is 1. The Morgan fingerprint density at radius 2 is 1.75 bits per heavy atom. The van der Waals surface area contributed by atoms with E-state index in [-0.39, 0.29) is 19.0 Å². The van der Waals surface area contributed by atoms with E-state index in [1.165, 1.54) is 5.56 Å². The van der Waals surface area contributed by atoms with E-state index in [0.29, 0.717) is 6.61 Å². The third kappa shape index (κ3) is 6.17. The molecule has 0 atom stereocenters. The summed E-state index contributed by atoms with van der Waals surface area (Å²) in [4.78, 5) is 26.5. The van der Waals surface area contributed by atoms with Gasteiger partial charge in [-0.1, -0.05) is 12.1 Å². The molecule has 1 aromatic carbocycles. The first-order valence-corrected chi connectivity index (χ1v) is 8.21. The van der Waals surface area contributed by atoms with Gasteiger partial charge in [-0.3, -0.25) is 19.4 Å². The van der Waals surface area contributed by atoms with Gasteiger partial charge in [0.05, 0.1) is 13.2 Å². The highest BCUT2D eigenvalue weighted by Gasteiger charge is 2.19. The van der Waals surface area contributed by atoms with Crippen molar-refractivity contribution in [3.8, 4) is 5.75 Å². The minimum absolute atomic E-state index is 0.239. The normalized spacial score (nSPS) is 15.9. The molecule has 0 radical (unpaired) electrons. The van der Waals surface area contributed by atoms with Gasteiger partial charge in [-0.15, -0.1) is 0 Å². The van der Waals surface area contributed by atoms with Gasteiger partial charge in [-0.2, -0.15) is 0 Å². The van der Waals surface area contributed by atoms with Crippen molar-refractivity contribution in [3.05, 3.63) is 29.8 Å². The van der Waals surface area contributed by atoms with E-state index in [1.54, 1.807) is 0 Å². The third-order valence-electron chi connectivity index (χ3n) is 3.91. The van der Waals surface area contributed by atoms with Crippen molar-refractivity contribution in [2.75, 3.05) is 45.9 Å². The second-order valence-electron chi connectivity index (χ2n) is 5.80. The second-order valence-corrected chi connectivity index (χ2v) is 5.80. The maximum Gasteiger partial charge on any atom is 0.322 e. The maximum atomic E-state index is 11.6. The molecule has 0 bridgehead atoms. The fourth-order valence-electron chi connectivity index (χ4n) is 2.65. The number of piperazine rings is 1. The molecule has 1 saturated heterocycles. The summed E-state index contributed by atoms with van der Waals surface area (Å²) in [6, 6.07) is 8.14. The Morgan fingerprint density at radius 1 is 1.12 bits per heavy atom. The Hall–Kier alpha value is -2.12. The predicted octanol–water partition coefficient (Wildman–Crippen LogP) is 0.404. The summed E-state index contributed by atoms with van der Waals surface area (Å²) in [6.07, 6.45) is 0. The molecule has 0 spiro atoms. The van der Waals surface area contributed by atoms with Crippen LogP contribution in [0.4, 0.5) is 0 Å². The summed E-state index contributed by atoms with van der Waals surface area (Å²) < 4.78 is 5.44. The summed E-state index contributed by atoms with van der Waals surface area (Å²) >= 11 is 0. The molecule has 132 valence electrons. The second kappa shape index (κ2) is 9.24. The highest BCUT2D eigenvalue weighted by molar-refractivity contribution is 5.82. The predicted molar refractivity (Wildman–Crippen MR) is 90.0 cm³/mol. The molecule has 0 aromatic heterocycles. The molecule has 24 heavy (non-hydrogen) atoms. The van der Waals surface area contributed by atoms with Gasteiger partial charge >= 0.3 is 5.97 Å². The maximum absolute atomic E-state index is 11.6. The van der Waals surface area contributed by atoms with Crippen LogP contribution in [0.25, 0.3) is 0 Å². The minimum Gasteiger partial charge on any atom is -0.494 e. The highest BCUT2D eigenvalue weighted by atomic mass is 16.5. The van der Waals surface area contributed by atoms with Crippen molar-refractivity contribution in [2.45, 2.75) is 13.5 Å². The molecule has 0 saturated carbocycles. The van der Waals surface area contributed by atoms with Crippen LogP contribution in [0.3, 0.4) is 0 Å². The molecule has 0 unspecified atom stereocenters. The van der Waals surface area contributed by atoms with Gasteiger partial charge in [0.25, 0.3) is 0 Å². The standard InChI is InChI=1S/C17H25N3O4/c1-2-24-15-5-3-14(4-6-15)12-19-7-9-20(10-8-19)13-16(21)18-11-17(22)23/h3-6H,2,7-13H2,1H3,(H,18,21)(H,22,23). The van der Waals surface area contributed by atoms with Crippen LogP contribution in [0.2, 0.25) is 0 Å². The lowest BCUT2D eigenvalue weighted by Gasteiger charge is -2.34. The fraction of sp³-hybridized carbons (Fsp3) is 0.529. The number of carboxylic acid groups (broad SMARTS) is 1. The largest absolute Gasteiger partial charge is 0.494 e. The molecule has 1 aromatic rings. The van der Waals surface area contributed by atoms with Crippen LogP contribution in [0.5, 0.6) is 5.75 Å².